The summed E-state index contributed by atoms with van der Waals surface area (Å²) in [6.07, 6.45) is 3.54. The van der Waals surface area contributed by atoms with Crippen LogP contribution in [0.5, 0.6) is 0 Å². The highest BCUT2D eigenvalue weighted by Crippen LogP contribution is 2.01. The molecule has 0 amide bonds. The van der Waals surface area contributed by atoms with Crippen molar-refractivity contribution in [1.82, 2.24) is 5.32 Å². The fraction of sp³-hybridized carbons (Fsp3) is 1.00. The monoisotopic (exact) mass is 203 g/mol. The number of aliphatic hydroxyl groups is 1. The van der Waals surface area contributed by atoms with Crippen molar-refractivity contribution < 1.29 is 9.84 Å². The van der Waals surface area contributed by atoms with Gasteiger partial charge in [-0.3, -0.25) is 0 Å². The molecule has 0 bridgehead atoms. The van der Waals surface area contributed by atoms with Gasteiger partial charge in [-0.15, -0.1) is 0 Å². The van der Waals surface area contributed by atoms with Crippen molar-refractivity contribution in [2.45, 2.75) is 39.2 Å². The average molecular weight is 203 g/mol. The van der Waals surface area contributed by atoms with Crippen molar-refractivity contribution in [2.75, 3.05) is 26.9 Å². The van der Waals surface area contributed by atoms with Gasteiger partial charge in [-0.1, -0.05) is 6.92 Å². The predicted molar refractivity (Wildman–Crippen MR) is 59.4 cm³/mol. The van der Waals surface area contributed by atoms with Crippen LogP contribution >= 0.6 is 0 Å². The van der Waals surface area contributed by atoms with Crippen LogP contribution in [-0.4, -0.2) is 38.0 Å². The quantitative estimate of drug-likeness (QED) is 0.557. The van der Waals surface area contributed by atoms with Gasteiger partial charge < -0.3 is 15.2 Å². The summed E-state index contributed by atoms with van der Waals surface area (Å²) in [7, 11) is 1.74. The van der Waals surface area contributed by atoms with E-state index in [9.17, 15) is 0 Å². The van der Waals surface area contributed by atoms with Crippen LogP contribution in [0.25, 0.3) is 0 Å². The SMILES string of the molecule is COCCCCCN[C@@H](C)[C@H](C)CO. The molecule has 0 aromatic rings. The van der Waals surface area contributed by atoms with E-state index in [1.807, 2.05) is 0 Å². The molecule has 0 rings (SSSR count). The molecule has 0 unspecified atom stereocenters. The van der Waals surface area contributed by atoms with Crippen molar-refractivity contribution in [3.05, 3.63) is 0 Å². The van der Waals surface area contributed by atoms with Crippen LogP contribution < -0.4 is 5.32 Å². The number of methoxy groups -OCH3 is 1. The van der Waals surface area contributed by atoms with E-state index in [0.717, 1.165) is 19.6 Å². The third-order valence-corrected chi connectivity index (χ3v) is 2.63. The Kier molecular flexibility index (Phi) is 9.35. The van der Waals surface area contributed by atoms with E-state index in [2.05, 4.69) is 19.2 Å². The van der Waals surface area contributed by atoms with Gasteiger partial charge in [-0.2, -0.15) is 0 Å². The van der Waals surface area contributed by atoms with Crippen LogP contribution in [0, 0.1) is 5.92 Å². The Hall–Kier alpha value is -0.120. The van der Waals surface area contributed by atoms with E-state index in [1.165, 1.54) is 12.8 Å². The first kappa shape index (κ1) is 13.9. The zero-order valence-corrected chi connectivity index (χ0v) is 9.75. The maximum absolute atomic E-state index is 8.92. The summed E-state index contributed by atoms with van der Waals surface area (Å²) in [6.45, 7) is 6.34. The third-order valence-electron chi connectivity index (χ3n) is 2.63. The van der Waals surface area contributed by atoms with Crippen molar-refractivity contribution >= 4 is 0 Å². The lowest BCUT2D eigenvalue weighted by atomic mass is 10.1. The largest absolute Gasteiger partial charge is 0.396 e. The summed E-state index contributed by atoms with van der Waals surface area (Å²) in [5, 5.41) is 12.3. The smallest absolute Gasteiger partial charge is 0.0471 e. The molecule has 0 spiro atoms. The van der Waals surface area contributed by atoms with Gasteiger partial charge in [-0.05, 0) is 38.6 Å². The van der Waals surface area contributed by atoms with E-state index < -0.39 is 0 Å². The zero-order chi connectivity index (χ0) is 10.8. The number of unbranched alkanes of at least 4 members (excludes halogenated alkanes) is 2. The third kappa shape index (κ3) is 7.30. The molecule has 86 valence electrons. The molecule has 2 atom stereocenters. The number of hydrogen-bond acceptors (Lipinski definition) is 3. The number of rotatable bonds is 9. The van der Waals surface area contributed by atoms with Gasteiger partial charge in [0.15, 0.2) is 0 Å². The van der Waals surface area contributed by atoms with Gasteiger partial charge in [0.05, 0.1) is 0 Å². The Morgan fingerprint density at radius 1 is 1.21 bits per heavy atom. The van der Waals surface area contributed by atoms with Crippen LogP contribution in [0.1, 0.15) is 33.1 Å². The van der Waals surface area contributed by atoms with Crippen LogP contribution in [0.3, 0.4) is 0 Å². The molecule has 0 saturated carbocycles. The average Bonchev–Trinajstić information content (AvgIpc) is 2.21. The Balaban J connectivity index is 3.18. The topological polar surface area (TPSA) is 41.5 Å². The number of aliphatic hydroxyl groups excluding tert-OH is 1. The molecular weight excluding hydrogens is 178 g/mol. The van der Waals surface area contributed by atoms with Gasteiger partial charge >= 0.3 is 0 Å². The molecule has 14 heavy (non-hydrogen) atoms. The highest BCUT2D eigenvalue weighted by Gasteiger charge is 2.08. The molecule has 0 aliphatic heterocycles. The Labute approximate surface area is 87.8 Å². The molecule has 0 fully saturated rings. The fourth-order valence-corrected chi connectivity index (χ4v) is 1.24. The van der Waals surface area contributed by atoms with Crippen LogP contribution in [-0.2, 0) is 4.74 Å². The molecule has 0 heterocycles. The summed E-state index contributed by atoms with van der Waals surface area (Å²) in [5.41, 5.74) is 0. The Morgan fingerprint density at radius 2 is 1.93 bits per heavy atom. The lowest BCUT2D eigenvalue weighted by Crippen LogP contribution is -2.34. The minimum absolute atomic E-state index is 0.262. The molecule has 0 aliphatic carbocycles. The van der Waals surface area contributed by atoms with Gasteiger partial charge in [-0.25, -0.2) is 0 Å². The van der Waals surface area contributed by atoms with Crippen molar-refractivity contribution in [3.8, 4) is 0 Å². The summed E-state index contributed by atoms with van der Waals surface area (Å²) in [5.74, 6) is 0.342. The Bertz CT molecular complexity index is 120. The molecule has 2 N–H and O–H groups in total. The van der Waals surface area contributed by atoms with E-state index in [0.29, 0.717) is 12.0 Å². The first-order valence-electron chi connectivity index (χ1n) is 5.55. The zero-order valence-electron chi connectivity index (χ0n) is 9.75. The second-order valence-corrected chi connectivity index (χ2v) is 3.96. The second-order valence-electron chi connectivity index (χ2n) is 3.96. The molecule has 0 aromatic heterocycles. The molecule has 0 saturated heterocycles. The van der Waals surface area contributed by atoms with Gasteiger partial charge in [0.1, 0.15) is 0 Å². The maximum Gasteiger partial charge on any atom is 0.0471 e. The highest BCUT2D eigenvalue weighted by atomic mass is 16.5. The van der Waals surface area contributed by atoms with Gasteiger partial charge in [0, 0.05) is 26.4 Å². The minimum atomic E-state index is 0.262. The predicted octanol–water partition coefficient (Wildman–Crippen LogP) is 1.41. The number of hydrogen-bond donors (Lipinski definition) is 2. The normalized spacial score (nSPS) is 15.4. The van der Waals surface area contributed by atoms with Crippen LogP contribution in [0.2, 0.25) is 0 Å². The van der Waals surface area contributed by atoms with E-state index >= 15 is 0 Å². The van der Waals surface area contributed by atoms with Crippen molar-refractivity contribution in [1.29, 1.82) is 0 Å². The summed E-state index contributed by atoms with van der Waals surface area (Å²) >= 11 is 0. The van der Waals surface area contributed by atoms with Gasteiger partial charge in [0.25, 0.3) is 0 Å². The van der Waals surface area contributed by atoms with Crippen LogP contribution in [0.4, 0.5) is 0 Å². The van der Waals surface area contributed by atoms with Crippen molar-refractivity contribution in [2.24, 2.45) is 5.92 Å². The standard InChI is InChI=1S/C11H25NO2/c1-10(9-13)11(2)12-7-5-4-6-8-14-3/h10-13H,4-9H2,1-3H3/t10-,11+/m1/s1. The van der Waals surface area contributed by atoms with E-state index in [1.54, 1.807) is 7.11 Å². The number of ether oxygens (including phenoxy) is 1. The maximum atomic E-state index is 8.92. The molecule has 0 aliphatic rings. The summed E-state index contributed by atoms with van der Waals surface area (Å²) in [6, 6.07) is 0.405. The lowest BCUT2D eigenvalue weighted by molar-refractivity contribution is 0.190. The Morgan fingerprint density at radius 3 is 2.50 bits per heavy atom. The minimum Gasteiger partial charge on any atom is -0.396 e. The molecular formula is C11H25NO2. The highest BCUT2D eigenvalue weighted by molar-refractivity contribution is 4.66. The lowest BCUT2D eigenvalue weighted by Gasteiger charge is -2.19. The molecule has 3 heteroatoms. The van der Waals surface area contributed by atoms with E-state index in [-0.39, 0.29) is 6.61 Å². The molecule has 0 aromatic carbocycles. The first-order chi connectivity index (χ1) is 6.72. The second kappa shape index (κ2) is 9.44. The summed E-state index contributed by atoms with van der Waals surface area (Å²) < 4.78 is 4.97. The van der Waals surface area contributed by atoms with Crippen LogP contribution in [0.15, 0.2) is 0 Å². The number of nitrogens with one attached hydrogen (secondary N) is 1. The van der Waals surface area contributed by atoms with Crippen molar-refractivity contribution in [3.63, 3.8) is 0 Å². The summed E-state index contributed by atoms with van der Waals surface area (Å²) in [4.78, 5) is 0. The van der Waals surface area contributed by atoms with Gasteiger partial charge in [0.2, 0.25) is 0 Å². The van der Waals surface area contributed by atoms with E-state index in [4.69, 9.17) is 9.84 Å². The molecule has 3 nitrogen and oxygen atoms in total. The first-order valence-corrected chi connectivity index (χ1v) is 5.55. The molecule has 0 radical (unpaired) electrons. The fourth-order valence-electron chi connectivity index (χ4n) is 1.24.